The highest BCUT2D eigenvalue weighted by Crippen LogP contribution is 2.21. The molecule has 2 amide bonds. The predicted molar refractivity (Wildman–Crippen MR) is 60.0 cm³/mol. The second kappa shape index (κ2) is 5.53. The zero-order chi connectivity index (χ0) is 12.1. The first-order valence-electron chi connectivity index (χ1n) is 4.98. The van der Waals surface area contributed by atoms with E-state index in [2.05, 4.69) is 32.7 Å². The highest BCUT2D eigenvalue weighted by molar-refractivity contribution is 5.91. The Kier molecular flexibility index (Phi) is 5.05. The van der Waals surface area contributed by atoms with Gasteiger partial charge in [-0.15, -0.1) is 0 Å². The van der Waals surface area contributed by atoms with E-state index in [4.69, 9.17) is 5.73 Å². The van der Waals surface area contributed by atoms with E-state index in [-0.39, 0.29) is 11.3 Å². The Balaban J connectivity index is 4.23. The van der Waals surface area contributed by atoms with Crippen molar-refractivity contribution in [2.75, 3.05) is 0 Å². The summed E-state index contributed by atoms with van der Waals surface area (Å²) < 4.78 is 0. The number of nitrogens with one attached hydrogen (secondary N) is 1. The van der Waals surface area contributed by atoms with Gasteiger partial charge in [-0.25, -0.2) is 0 Å². The summed E-state index contributed by atoms with van der Waals surface area (Å²) in [6.07, 6.45) is 2.50. The molecule has 0 bridgehead atoms. The average Bonchev–Trinajstić information content (AvgIpc) is 2.09. The van der Waals surface area contributed by atoms with Crippen molar-refractivity contribution < 1.29 is 9.59 Å². The van der Waals surface area contributed by atoms with Crippen molar-refractivity contribution in [1.82, 2.24) is 5.32 Å². The van der Waals surface area contributed by atoms with Crippen molar-refractivity contribution in [2.45, 2.75) is 39.7 Å². The summed E-state index contributed by atoms with van der Waals surface area (Å²) in [5.74, 6) is -0.873. The molecule has 0 saturated heterocycles. The third-order valence-electron chi connectivity index (χ3n) is 2.03. The molecule has 86 valence electrons. The van der Waals surface area contributed by atoms with E-state index in [9.17, 15) is 9.59 Å². The smallest absolute Gasteiger partial charge is 0.244 e. The van der Waals surface area contributed by atoms with Crippen molar-refractivity contribution in [3.8, 4) is 0 Å². The third kappa shape index (κ3) is 6.71. The van der Waals surface area contributed by atoms with Gasteiger partial charge < -0.3 is 11.1 Å². The lowest BCUT2D eigenvalue weighted by atomic mass is 9.88. The molecule has 0 fully saturated rings. The fourth-order valence-electron chi connectivity index (χ4n) is 1.09. The number of hydrogen-bond acceptors (Lipinski definition) is 2. The van der Waals surface area contributed by atoms with Crippen LogP contribution in [0.25, 0.3) is 0 Å². The predicted octanol–water partition coefficient (Wildman–Crippen LogP) is 0.969. The summed E-state index contributed by atoms with van der Waals surface area (Å²) in [5, 5.41) is 2.51. The number of carbonyl (C=O) groups is 2. The summed E-state index contributed by atoms with van der Waals surface area (Å²) in [4.78, 5) is 22.1. The zero-order valence-corrected chi connectivity index (χ0v) is 9.67. The molecule has 0 aliphatic rings. The summed E-state index contributed by atoms with van der Waals surface area (Å²) in [6, 6.07) is -0.602. The van der Waals surface area contributed by atoms with Crippen LogP contribution in [-0.2, 0) is 9.59 Å². The molecule has 0 aromatic heterocycles. The van der Waals surface area contributed by atoms with Crippen molar-refractivity contribution in [1.29, 1.82) is 0 Å². The molecule has 0 radical (unpaired) electrons. The molecule has 3 N–H and O–H groups in total. The number of rotatable bonds is 5. The van der Waals surface area contributed by atoms with Crippen LogP contribution in [0.4, 0.5) is 0 Å². The minimum Gasteiger partial charge on any atom is -0.368 e. The van der Waals surface area contributed by atoms with E-state index < -0.39 is 11.9 Å². The maximum Gasteiger partial charge on any atom is 0.244 e. The van der Waals surface area contributed by atoms with Crippen molar-refractivity contribution >= 4 is 11.8 Å². The maximum absolute atomic E-state index is 11.0. The minimum absolute atomic E-state index is 0.118. The van der Waals surface area contributed by atoms with E-state index in [1.54, 1.807) is 0 Å². The quantitative estimate of drug-likeness (QED) is 0.666. The van der Waals surface area contributed by atoms with Gasteiger partial charge in [0.25, 0.3) is 0 Å². The SMILES string of the molecule is C=CC(=O)NC(CCC(C)(C)C)C(N)=O. The van der Waals surface area contributed by atoms with Crippen molar-refractivity contribution in [3.05, 3.63) is 12.7 Å². The number of primary amides is 1. The van der Waals surface area contributed by atoms with Gasteiger partial charge in [0, 0.05) is 0 Å². The fourth-order valence-corrected chi connectivity index (χ4v) is 1.09. The monoisotopic (exact) mass is 212 g/mol. The van der Waals surface area contributed by atoms with Crippen LogP contribution >= 0.6 is 0 Å². The molecular weight excluding hydrogens is 192 g/mol. The van der Waals surface area contributed by atoms with Crippen molar-refractivity contribution in [3.63, 3.8) is 0 Å². The van der Waals surface area contributed by atoms with E-state index in [1.165, 1.54) is 0 Å². The Labute approximate surface area is 90.9 Å². The molecule has 15 heavy (non-hydrogen) atoms. The molecule has 4 nitrogen and oxygen atoms in total. The fraction of sp³-hybridized carbons (Fsp3) is 0.636. The molecule has 0 aliphatic carbocycles. The van der Waals surface area contributed by atoms with Gasteiger partial charge in [0.15, 0.2) is 0 Å². The Morgan fingerprint density at radius 3 is 2.33 bits per heavy atom. The Morgan fingerprint density at radius 1 is 1.47 bits per heavy atom. The molecule has 1 unspecified atom stereocenters. The summed E-state index contributed by atoms with van der Waals surface area (Å²) in [5.41, 5.74) is 5.30. The van der Waals surface area contributed by atoms with Crippen LogP contribution in [0.2, 0.25) is 0 Å². The number of hydrogen-bond donors (Lipinski definition) is 2. The molecule has 0 aliphatic heterocycles. The number of amides is 2. The number of carbonyl (C=O) groups excluding carboxylic acids is 2. The zero-order valence-electron chi connectivity index (χ0n) is 9.67. The first-order chi connectivity index (χ1) is 6.76. The van der Waals surface area contributed by atoms with Gasteiger partial charge >= 0.3 is 0 Å². The van der Waals surface area contributed by atoms with Gasteiger partial charge in [-0.1, -0.05) is 27.4 Å². The first kappa shape index (κ1) is 13.7. The van der Waals surface area contributed by atoms with Gasteiger partial charge in [0.2, 0.25) is 11.8 Å². The molecule has 1 atom stereocenters. The first-order valence-corrected chi connectivity index (χ1v) is 4.98. The van der Waals surface area contributed by atoms with Gasteiger partial charge in [-0.05, 0) is 24.3 Å². The largest absolute Gasteiger partial charge is 0.368 e. The van der Waals surface area contributed by atoms with Crippen LogP contribution < -0.4 is 11.1 Å². The Hall–Kier alpha value is -1.32. The standard InChI is InChI=1S/C11H20N2O2/c1-5-9(14)13-8(10(12)15)6-7-11(2,3)4/h5,8H,1,6-7H2,2-4H3,(H2,12,15)(H,13,14). The summed E-state index contributed by atoms with van der Waals surface area (Å²) in [7, 11) is 0. The lowest BCUT2D eigenvalue weighted by Gasteiger charge is -2.21. The number of nitrogens with two attached hydrogens (primary N) is 1. The second-order valence-electron chi connectivity index (χ2n) is 4.77. The molecule has 4 heteroatoms. The van der Waals surface area contributed by atoms with Gasteiger partial charge in [-0.2, -0.15) is 0 Å². The molecule has 0 heterocycles. The Bertz CT molecular complexity index is 254. The van der Waals surface area contributed by atoms with Crippen molar-refractivity contribution in [2.24, 2.45) is 11.1 Å². The van der Waals surface area contributed by atoms with Crippen LogP contribution in [0.5, 0.6) is 0 Å². The molecule has 0 aromatic carbocycles. The normalized spacial score (nSPS) is 13.0. The van der Waals surface area contributed by atoms with E-state index in [0.29, 0.717) is 6.42 Å². The average molecular weight is 212 g/mol. The van der Waals surface area contributed by atoms with E-state index in [0.717, 1.165) is 12.5 Å². The highest BCUT2D eigenvalue weighted by Gasteiger charge is 2.20. The topological polar surface area (TPSA) is 72.2 Å². The van der Waals surface area contributed by atoms with Gasteiger partial charge in [0.1, 0.15) is 6.04 Å². The highest BCUT2D eigenvalue weighted by atomic mass is 16.2. The maximum atomic E-state index is 11.0. The summed E-state index contributed by atoms with van der Waals surface area (Å²) >= 11 is 0. The molecule has 0 aromatic rings. The lowest BCUT2D eigenvalue weighted by Crippen LogP contribution is -2.44. The van der Waals surface area contributed by atoms with E-state index >= 15 is 0 Å². The van der Waals surface area contributed by atoms with Crippen LogP contribution in [0.3, 0.4) is 0 Å². The molecule has 0 spiro atoms. The minimum atomic E-state index is -0.602. The molecule has 0 saturated carbocycles. The molecular formula is C11H20N2O2. The van der Waals surface area contributed by atoms with E-state index in [1.807, 2.05) is 0 Å². The van der Waals surface area contributed by atoms with Gasteiger partial charge in [-0.3, -0.25) is 9.59 Å². The Morgan fingerprint density at radius 2 is 2.00 bits per heavy atom. The van der Waals surface area contributed by atoms with Crippen LogP contribution in [0.15, 0.2) is 12.7 Å². The lowest BCUT2D eigenvalue weighted by molar-refractivity contribution is -0.125. The molecule has 0 rings (SSSR count). The summed E-state index contributed by atoms with van der Waals surface area (Å²) in [6.45, 7) is 9.53. The van der Waals surface area contributed by atoms with Gasteiger partial charge in [0.05, 0.1) is 0 Å². The van der Waals surface area contributed by atoms with Crippen LogP contribution in [0, 0.1) is 5.41 Å². The second-order valence-corrected chi connectivity index (χ2v) is 4.77. The van der Waals surface area contributed by atoms with Crippen LogP contribution in [0.1, 0.15) is 33.6 Å². The van der Waals surface area contributed by atoms with Crippen LogP contribution in [-0.4, -0.2) is 17.9 Å². The third-order valence-corrected chi connectivity index (χ3v) is 2.03.